The summed E-state index contributed by atoms with van der Waals surface area (Å²) in [5.41, 5.74) is 2.35. The Morgan fingerprint density at radius 1 is 0.966 bits per heavy atom. The summed E-state index contributed by atoms with van der Waals surface area (Å²) in [6.45, 7) is 0. The lowest BCUT2D eigenvalue weighted by Gasteiger charge is -2.25. The maximum Gasteiger partial charge on any atom is 0.252 e. The zero-order valence-corrected chi connectivity index (χ0v) is 17.3. The summed E-state index contributed by atoms with van der Waals surface area (Å²) >= 11 is 3.45. The van der Waals surface area contributed by atoms with E-state index in [1.54, 1.807) is 35.9 Å². The molecule has 4 aromatic rings. The van der Waals surface area contributed by atoms with Gasteiger partial charge in [-0.1, -0.05) is 28.1 Å². The van der Waals surface area contributed by atoms with Crippen LogP contribution in [0.2, 0.25) is 0 Å². The van der Waals surface area contributed by atoms with E-state index < -0.39 is 6.17 Å². The first-order chi connectivity index (χ1) is 14.0. The molecule has 0 saturated heterocycles. The number of aromatic nitrogens is 1. The molecular weight excluding hydrogens is 432 g/mol. The Morgan fingerprint density at radius 2 is 1.69 bits per heavy atom. The molecule has 0 aliphatic rings. The molecule has 2 N–H and O–H groups in total. The number of aromatic hydroxyl groups is 1. The molecule has 1 atom stereocenters. The number of anilines is 1. The van der Waals surface area contributed by atoms with Crippen LogP contribution in [0.15, 0.2) is 88.1 Å². The van der Waals surface area contributed by atoms with Crippen molar-refractivity contribution in [2.24, 2.45) is 0 Å². The topological polar surface area (TPSA) is 63.5 Å². The van der Waals surface area contributed by atoms with Gasteiger partial charge in [0.15, 0.2) is 0 Å². The Bertz CT molecular complexity index is 1200. The molecule has 0 fully saturated rings. The summed E-state index contributed by atoms with van der Waals surface area (Å²) in [5, 5.41) is 14.1. The van der Waals surface area contributed by atoms with Gasteiger partial charge in [-0.05, 0) is 66.2 Å². The maximum atomic E-state index is 12.9. The summed E-state index contributed by atoms with van der Waals surface area (Å²) in [6, 6.07) is 23.6. The van der Waals surface area contributed by atoms with Crippen LogP contribution >= 0.6 is 15.9 Å². The Labute approximate surface area is 176 Å². The van der Waals surface area contributed by atoms with Gasteiger partial charge in [0.2, 0.25) is 0 Å². The predicted octanol–water partition coefficient (Wildman–Crippen LogP) is 5.14. The van der Waals surface area contributed by atoms with Crippen molar-refractivity contribution in [3.63, 3.8) is 0 Å². The highest BCUT2D eigenvalue weighted by atomic mass is 79.9. The molecule has 1 unspecified atom stereocenters. The number of pyridine rings is 1. The van der Waals surface area contributed by atoms with Gasteiger partial charge in [-0.3, -0.25) is 9.36 Å². The zero-order chi connectivity index (χ0) is 20.4. The number of phenols is 1. The minimum Gasteiger partial charge on any atom is -0.508 e. The monoisotopic (exact) mass is 450 g/mol. The molecule has 3 aromatic carbocycles. The van der Waals surface area contributed by atoms with Crippen LogP contribution in [-0.4, -0.2) is 16.8 Å². The van der Waals surface area contributed by atoms with Gasteiger partial charge < -0.3 is 15.2 Å². The van der Waals surface area contributed by atoms with Gasteiger partial charge in [-0.15, -0.1) is 0 Å². The number of ether oxygens (including phenoxy) is 1. The maximum absolute atomic E-state index is 12.9. The van der Waals surface area contributed by atoms with E-state index >= 15 is 0 Å². The highest BCUT2D eigenvalue weighted by Gasteiger charge is 2.18. The van der Waals surface area contributed by atoms with Gasteiger partial charge in [-0.25, -0.2) is 0 Å². The summed E-state index contributed by atoms with van der Waals surface area (Å²) in [6.07, 6.45) is -0.456. The van der Waals surface area contributed by atoms with Crippen molar-refractivity contribution in [2.75, 3.05) is 12.4 Å². The highest BCUT2D eigenvalue weighted by molar-refractivity contribution is 9.10. The van der Waals surface area contributed by atoms with Gasteiger partial charge in [0.1, 0.15) is 17.7 Å². The van der Waals surface area contributed by atoms with Crippen molar-refractivity contribution in [3.05, 3.63) is 99.3 Å². The number of hydrogen-bond donors (Lipinski definition) is 2. The molecule has 6 heteroatoms. The second-order valence-corrected chi connectivity index (χ2v) is 7.53. The Morgan fingerprint density at radius 3 is 2.38 bits per heavy atom. The lowest BCUT2D eigenvalue weighted by Crippen LogP contribution is -2.30. The Hall–Kier alpha value is -3.25. The normalized spacial score (nSPS) is 11.9. The van der Waals surface area contributed by atoms with Crippen LogP contribution in [0.5, 0.6) is 11.5 Å². The smallest absolute Gasteiger partial charge is 0.252 e. The molecule has 0 saturated carbocycles. The zero-order valence-electron chi connectivity index (χ0n) is 15.7. The molecule has 146 valence electrons. The number of rotatable bonds is 5. The van der Waals surface area contributed by atoms with Crippen molar-refractivity contribution < 1.29 is 9.84 Å². The van der Waals surface area contributed by atoms with Crippen molar-refractivity contribution in [3.8, 4) is 11.5 Å². The van der Waals surface area contributed by atoms with E-state index in [1.165, 1.54) is 6.07 Å². The molecule has 1 aromatic heterocycles. The third-order valence-electron chi connectivity index (χ3n) is 4.75. The first-order valence-electron chi connectivity index (χ1n) is 9.05. The van der Waals surface area contributed by atoms with Crippen LogP contribution in [-0.2, 0) is 0 Å². The van der Waals surface area contributed by atoms with Gasteiger partial charge >= 0.3 is 0 Å². The lowest BCUT2D eigenvalue weighted by molar-refractivity contribution is 0.414. The molecule has 0 amide bonds. The van der Waals surface area contributed by atoms with Crippen LogP contribution in [0, 0.1) is 0 Å². The molecule has 0 radical (unpaired) electrons. The van der Waals surface area contributed by atoms with Gasteiger partial charge in [0.05, 0.1) is 12.6 Å². The molecule has 4 rings (SSSR count). The predicted molar refractivity (Wildman–Crippen MR) is 119 cm³/mol. The fraction of sp³-hybridized carbons (Fsp3) is 0.0870. The van der Waals surface area contributed by atoms with Crippen LogP contribution in [0.4, 0.5) is 5.69 Å². The van der Waals surface area contributed by atoms with Crippen LogP contribution in [0.3, 0.4) is 0 Å². The fourth-order valence-corrected chi connectivity index (χ4v) is 3.57. The minimum atomic E-state index is -0.456. The second kappa shape index (κ2) is 8.01. The van der Waals surface area contributed by atoms with E-state index in [0.717, 1.165) is 32.4 Å². The first-order valence-corrected chi connectivity index (χ1v) is 9.85. The average Bonchev–Trinajstić information content (AvgIpc) is 2.74. The lowest BCUT2D eigenvalue weighted by atomic mass is 10.1. The Kier molecular flexibility index (Phi) is 5.27. The summed E-state index contributed by atoms with van der Waals surface area (Å²) in [7, 11) is 1.62. The van der Waals surface area contributed by atoms with Crippen LogP contribution in [0.25, 0.3) is 10.9 Å². The van der Waals surface area contributed by atoms with E-state index in [-0.39, 0.29) is 11.3 Å². The number of methoxy groups -OCH3 is 1. The number of halogens is 1. The molecule has 29 heavy (non-hydrogen) atoms. The third-order valence-corrected chi connectivity index (χ3v) is 5.28. The van der Waals surface area contributed by atoms with E-state index in [1.807, 2.05) is 48.5 Å². The molecular formula is C23H19BrN2O3. The number of hydrogen-bond acceptors (Lipinski definition) is 4. The summed E-state index contributed by atoms with van der Waals surface area (Å²) in [4.78, 5) is 12.9. The molecule has 5 nitrogen and oxygen atoms in total. The van der Waals surface area contributed by atoms with E-state index in [0.29, 0.717) is 0 Å². The number of benzene rings is 3. The van der Waals surface area contributed by atoms with E-state index in [9.17, 15) is 9.90 Å². The molecule has 0 bridgehead atoms. The van der Waals surface area contributed by atoms with Gasteiger partial charge in [0.25, 0.3) is 5.56 Å². The number of nitrogens with one attached hydrogen (secondary N) is 1. The number of fused-ring (bicyclic) bond motifs is 1. The average molecular weight is 451 g/mol. The quantitative estimate of drug-likeness (QED) is 0.441. The van der Waals surface area contributed by atoms with Gasteiger partial charge in [0, 0.05) is 21.6 Å². The Balaban J connectivity index is 1.89. The largest absolute Gasteiger partial charge is 0.508 e. The summed E-state index contributed by atoms with van der Waals surface area (Å²) < 4.78 is 7.94. The standard InChI is InChI=1S/C23H19BrN2O3/c1-29-20-10-2-15(3-11-20)23(25-18-7-5-17(24)6-8-18)26-21-12-9-19(27)14-16(21)4-13-22(26)28/h2-14,23,25,27H,1H3. The molecule has 0 aliphatic heterocycles. The molecule has 0 aliphatic carbocycles. The first kappa shape index (κ1) is 19.1. The highest BCUT2D eigenvalue weighted by Crippen LogP contribution is 2.27. The number of nitrogens with zero attached hydrogens (tertiary/aromatic N) is 1. The molecule has 1 heterocycles. The fourth-order valence-electron chi connectivity index (χ4n) is 3.31. The van der Waals surface area contributed by atoms with E-state index in [2.05, 4.69) is 21.2 Å². The minimum absolute atomic E-state index is 0.145. The van der Waals surface area contributed by atoms with Crippen molar-refractivity contribution in [1.82, 2.24) is 4.57 Å². The number of phenolic OH excluding ortho intramolecular Hbond substituents is 1. The SMILES string of the molecule is COc1ccc(C(Nc2ccc(Br)cc2)n2c(=O)ccc3cc(O)ccc32)cc1. The van der Waals surface area contributed by atoms with E-state index in [4.69, 9.17) is 4.74 Å². The molecule has 0 spiro atoms. The van der Waals surface area contributed by atoms with Crippen LogP contribution in [0.1, 0.15) is 11.7 Å². The second-order valence-electron chi connectivity index (χ2n) is 6.61. The van der Waals surface area contributed by atoms with Crippen molar-refractivity contribution in [2.45, 2.75) is 6.17 Å². The van der Waals surface area contributed by atoms with Crippen LogP contribution < -0.4 is 15.6 Å². The van der Waals surface area contributed by atoms with Crippen molar-refractivity contribution in [1.29, 1.82) is 0 Å². The van der Waals surface area contributed by atoms with Crippen molar-refractivity contribution >= 4 is 32.5 Å². The third kappa shape index (κ3) is 3.98. The van der Waals surface area contributed by atoms with Gasteiger partial charge in [-0.2, -0.15) is 0 Å². The summed E-state index contributed by atoms with van der Waals surface area (Å²) in [5.74, 6) is 0.899.